The number of thiazole rings is 1. The Hall–Kier alpha value is -2.61. The Balaban J connectivity index is 2.07. The third-order valence-electron chi connectivity index (χ3n) is 3.48. The van der Waals surface area contributed by atoms with Gasteiger partial charge in [-0.1, -0.05) is 11.3 Å². The molecule has 0 spiro atoms. The molecule has 2 aromatic rings. The fourth-order valence-electron chi connectivity index (χ4n) is 2.33. The van der Waals surface area contributed by atoms with Crippen molar-refractivity contribution in [2.24, 2.45) is 4.99 Å². The van der Waals surface area contributed by atoms with Crippen LogP contribution in [0.15, 0.2) is 35.2 Å². The molecule has 8 heteroatoms. The van der Waals surface area contributed by atoms with E-state index in [-0.39, 0.29) is 5.76 Å². The number of nitrogens with zero attached hydrogens (tertiary/aromatic N) is 2. The van der Waals surface area contributed by atoms with Crippen LogP contribution in [-0.4, -0.2) is 36.8 Å². The Labute approximate surface area is 141 Å². The lowest BCUT2D eigenvalue weighted by Gasteiger charge is -2.12. The molecule has 1 amide bonds. The second-order valence-electron chi connectivity index (χ2n) is 4.92. The monoisotopic (exact) mass is 348 g/mol. The second-order valence-corrected chi connectivity index (χ2v) is 5.93. The fraction of sp³-hybridized carbons (Fsp3) is 0.312. The molecule has 0 saturated heterocycles. The lowest BCUT2D eigenvalue weighted by molar-refractivity contribution is -0.119. The van der Waals surface area contributed by atoms with Gasteiger partial charge in [0.2, 0.25) is 5.76 Å². The number of hydrogen-bond donors (Lipinski definition) is 0. The van der Waals surface area contributed by atoms with Crippen LogP contribution < -0.4 is 4.80 Å². The van der Waals surface area contributed by atoms with Crippen LogP contribution in [0.5, 0.6) is 0 Å². The maximum atomic E-state index is 12.2. The van der Waals surface area contributed by atoms with Gasteiger partial charge in [-0.05, 0) is 25.1 Å². The van der Waals surface area contributed by atoms with Gasteiger partial charge in [0.25, 0.3) is 0 Å². The van der Waals surface area contributed by atoms with Crippen LogP contribution in [0.25, 0.3) is 10.2 Å². The standard InChI is InChI=1S/C16H16N2O5S/c1-3-18-11-5-4-10(15(20)21-2)8-13(11)24-16(18)17-14(19)12-9-22-6-7-23-12/h4-5,8-9H,3,6-7H2,1-2H3. The fourth-order valence-corrected chi connectivity index (χ4v) is 3.46. The molecule has 1 aromatic heterocycles. The van der Waals surface area contributed by atoms with Crippen molar-refractivity contribution in [1.29, 1.82) is 0 Å². The number of aromatic nitrogens is 1. The average Bonchev–Trinajstić information content (AvgIpc) is 2.97. The van der Waals surface area contributed by atoms with Gasteiger partial charge in [0, 0.05) is 6.54 Å². The van der Waals surface area contributed by atoms with Crippen LogP contribution in [-0.2, 0) is 25.5 Å². The Morgan fingerprint density at radius 2 is 2.21 bits per heavy atom. The van der Waals surface area contributed by atoms with Crippen LogP contribution >= 0.6 is 11.3 Å². The van der Waals surface area contributed by atoms with Crippen molar-refractivity contribution >= 4 is 33.4 Å². The van der Waals surface area contributed by atoms with Crippen molar-refractivity contribution in [3.05, 3.63) is 40.6 Å². The van der Waals surface area contributed by atoms with Gasteiger partial charge in [0.15, 0.2) is 4.80 Å². The summed E-state index contributed by atoms with van der Waals surface area (Å²) < 4.78 is 17.8. The SMILES string of the molecule is CCn1c(=NC(=O)C2=COCCO2)sc2cc(C(=O)OC)ccc21. The van der Waals surface area contributed by atoms with Gasteiger partial charge in [-0.2, -0.15) is 4.99 Å². The molecule has 0 N–H and O–H groups in total. The first-order valence-corrected chi connectivity index (χ1v) is 8.21. The first kappa shape index (κ1) is 16.3. The van der Waals surface area contributed by atoms with Gasteiger partial charge < -0.3 is 18.8 Å². The summed E-state index contributed by atoms with van der Waals surface area (Å²) in [5, 5.41) is 0. The number of esters is 1. The summed E-state index contributed by atoms with van der Waals surface area (Å²) in [6.07, 6.45) is 1.29. The summed E-state index contributed by atoms with van der Waals surface area (Å²) in [5.41, 5.74) is 1.36. The topological polar surface area (TPSA) is 79.1 Å². The van der Waals surface area contributed by atoms with E-state index in [4.69, 9.17) is 14.2 Å². The average molecular weight is 348 g/mol. The number of amides is 1. The van der Waals surface area contributed by atoms with Gasteiger partial charge in [0.1, 0.15) is 19.5 Å². The van der Waals surface area contributed by atoms with Crippen LogP contribution in [0.3, 0.4) is 0 Å². The number of methoxy groups -OCH3 is 1. The molecular formula is C16H16N2O5S. The van der Waals surface area contributed by atoms with E-state index in [9.17, 15) is 9.59 Å². The highest BCUT2D eigenvalue weighted by atomic mass is 32.1. The van der Waals surface area contributed by atoms with Crippen molar-refractivity contribution in [3.8, 4) is 0 Å². The number of aryl methyl sites for hydroxylation is 1. The molecule has 1 aliphatic heterocycles. The summed E-state index contributed by atoms with van der Waals surface area (Å²) in [6, 6.07) is 5.25. The molecule has 1 aromatic carbocycles. The lowest BCUT2D eigenvalue weighted by Crippen LogP contribution is -2.19. The van der Waals surface area contributed by atoms with E-state index in [1.54, 1.807) is 12.1 Å². The highest BCUT2D eigenvalue weighted by Gasteiger charge is 2.16. The molecule has 126 valence electrons. The van der Waals surface area contributed by atoms with Gasteiger partial charge in [-0.15, -0.1) is 0 Å². The Kier molecular flexibility index (Phi) is 4.66. The summed E-state index contributed by atoms with van der Waals surface area (Å²) in [4.78, 5) is 28.6. The van der Waals surface area contributed by atoms with Crippen molar-refractivity contribution in [2.45, 2.75) is 13.5 Å². The molecule has 3 rings (SSSR count). The minimum Gasteiger partial charge on any atom is -0.494 e. The molecule has 1 aliphatic rings. The minimum absolute atomic E-state index is 0.0941. The quantitative estimate of drug-likeness (QED) is 0.791. The Morgan fingerprint density at radius 1 is 1.38 bits per heavy atom. The van der Waals surface area contributed by atoms with E-state index >= 15 is 0 Å². The van der Waals surface area contributed by atoms with E-state index < -0.39 is 11.9 Å². The largest absolute Gasteiger partial charge is 0.494 e. The Bertz CT molecular complexity index is 893. The molecule has 0 bridgehead atoms. The molecule has 0 aliphatic carbocycles. The third kappa shape index (κ3) is 3.05. The second kappa shape index (κ2) is 6.88. The highest BCUT2D eigenvalue weighted by Crippen LogP contribution is 2.20. The smallest absolute Gasteiger partial charge is 0.337 e. The zero-order chi connectivity index (χ0) is 17.1. The van der Waals surface area contributed by atoms with Gasteiger partial charge in [-0.3, -0.25) is 4.79 Å². The van der Waals surface area contributed by atoms with E-state index in [2.05, 4.69) is 4.99 Å². The predicted octanol–water partition coefficient (Wildman–Crippen LogP) is 1.82. The van der Waals surface area contributed by atoms with Gasteiger partial charge in [0.05, 0.1) is 22.9 Å². The summed E-state index contributed by atoms with van der Waals surface area (Å²) >= 11 is 1.33. The van der Waals surface area contributed by atoms with Crippen molar-refractivity contribution < 1.29 is 23.8 Å². The first-order valence-electron chi connectivity index (χ1n) is 7.39. The number of carbonyl (C=O) groups excluding carboxylic acids is 2. The van der Waals surface area contributed by atoms with Gasteiger partial charge in [-0.25, -0.2) is 4.79 Å². The van der Waals surface area contributed by atoms with E-state index in [0.717, 1.165) is 10.2 Å². The minimum atomic E-state index is -0.489. The predicted molar refractivity (Wildman–Crippen MR) is 87.4 cm³/mol. The summed E-state index contributed by atoms with van der Waals surface area (Å²) in [6.45, 7) is 3.35. The Morgan fingerprint density at radius 3 is 2.88 bits per heavy atom. The third-order valence-corrected chi connectivity index (χ3v) is 4.52. The molecule has 0 saturated carbocycles. The maximum Gasteiger partial charge on any atom is 0.337 e. The molecule has 0 atom stereocenters. The first-order chi connectivity index (χ1) is 11.6. The van der Waals surface area contributed by atoms with E-state index in [1.165, 1.54) is 24.7 Å². The molecule has 0 unspecified atom stereocenters. The van der Waals surface area contributed by atoms with Crippen molar-refractivity contribution in [3.63, 3.8) is 0 Å². The summed E-state index contributed by atoms with van der Waals surface area (Å²) in [7, 11) is 1.34. The lowest BCUT2D eigenvalue weighted by atomic mass is 10.2. The van der Waals surface area contributed by atoms with Crippen molar-refractivity contribution in [1.82, 2.24) is 4.57 Å². The van der Waals surface area contributed by atoms with Gasteiger partial charge >= 0.3 is 11.9 Å². The zero-order valence-electron chi connectivity index (χ0n) is 13.3. The number of benzene rings is 1. The van der Waals surface area contributed by atoms with Crippen molar-refractivity contribution in [2.75, 3.05) is 20.3 Å². The molecule has 2 heterocycles. The normalized spacial score (nSPS) is 14.8. The molecule has 7 nitrogen and oxygen atoms in total. The highest BCUT2D eigenvalue weighted by molar-refractivity contribution is 7.16. The molecule has 0 fully saturated rings. The van der Waals surface area contributed by atoms with Crippen LogP contribution in [0.2, 0.25) is 0 Å². The molecule has 0 radical (unpaired) electrons. The number of hydrogen-bond acceptors (Lipinski definition) is 6. The van der Waals surface area contributed by atoms with E-state index in [1.807, 2.05) is 17.6 Å². The van der Waals surface area contributed by atoms with Crippen LogP contribution in [0, 0.1) is 0 Å². The number of rotatable bonds is 3. The molecule has 24 heavy (non-hydrogen) atoms. The molecular weight excluding hydrogens is 332 g/mol. The van der Waals surface area contributed by atoms with Crippen LogP contribution in [0.4, 0.5) is 0 Å². The number of fused-ring (bicyclic) bond motifs is 1. The summed E-state index contributed by atoms with van der Waals surface area (Å²) in [5.74, 6) is -0.797. The number of ether oxygens (including phenoxy) is 3. The van der Waals surface area contributed by atoms with E-state index in [0.29, 0.717) is 30.1 Å². The zero-order valence-corrected chi connectivity index (χ0v) is 14.1. The number of carbonyl (C=O) groups is 2. The maximum absolute atomic E-state index is 12.2. The van der Waals surface area contributed by atoms with Crippen LogP contribution in [0.1, 0.15) is 17.3 Å².